The molecule has 0 bridgehead atoms. The van der Waals surface area contributed by atoms with Gasteiger partial charge < -0.3 is 16.2 Å². The Morgan fingerprint density at radius 2 is 2.38 bits per heavy atom. The summed E-state index contributed by atoms with van der Waals surface area (Å²) in [5, 5.41) is 11.6. The monoisotopic (exact) mass is 227 g/mol. The van der Waals surface area contributed by atoms with Crippen molar-refractivity contribution in [3.05, 3.63) is 29.8 Å². The normalized spacial score (nSPS) is 14.2. The third-order valence-corrected chi connectivity index (χ3v) is 2.09. The zero-order chi connectivity index (χ0) is 12.1. The molecule has 0 spiro atoms. The van der Waals surface area contributed by atoms with Crippen molar-refractivity contribution in [1.29, 1.82) is 0 Å². The molecule has 1 aromatic heterocycles. The fourth-order valence-corrected chi connectivity index (χ4v) is 1.02. The van der Waals surface area contributed by atoms with Gasteiger partial charge in [-0.2, -0.15) is 0 Å². The van der Waals surface area contributed by atoms with Gasteiger partial charge in [0.25, 0.3) is 5.91 Å². The third-order valence-electron chi connectivity index (χ3n) is 2.09. The van der Waals surface area contributed by atoms with Gasteiger partial charge in [0.05, 0.1) is 17.9 Å². The number of rotatable bonds is 4. The van der Waals surface area contributed by atoms with Gasteiger partial charge in [0.15, 0.2) is 0 Å². The number of nitrogens with zero attached hydrogens (tertiary/aromatic N) is 1. The summed E-state index contributed by atoms with van der Waals surface area (Å²) in [7, 11) is 0. The molecular formula is C10H14FN3O2. The van der Waals surface area contributed by atoms with E-state index in [0.717, 1.165) is 12.3 Å². The van der Waals surface area contributed by atoms with Crippen molar-refractivity contribution in [2.45, 2.75) is 19.1 Å². The van der Waals surface area contributed by atoms with Gasteiger partial charge in [0.2, 0.25) is 0 Å². The molecule has 1 aromatic rings. The number of halogens is 1. The SMILES string of the molecule is CC(O)C(N)CNC(=O)c1cncc(F)c1. The predicted octanol–water partition coefficient (Wildman–Crippen LogP) is -0.341. The van der Waals surface area contributed by atoms with Crippen LogP contribution in [0.3, 0.4) is 0 Å². The lowest BCUT2D eigenvalue weighted by Gasteiger charge is -2.15. The Bertz CT molecular complexity index is 371. The summed E-state index contributed by atoms with van der Waals surface area (Å²) in [6, 6.07) is 0.529. The van der Waals surface area contributed by atoms with E-state index in [9.17, 15) is 9.18 Å². The summed E-state index contributed by atoms with van der Waals surface area (Å²) >= 11 is 0. The van der Waals surface area contributed by atoms with E-state index in [0.29, 0.717) is 0 Å². The Kier molecular flexibility index (Phi) is 4.33. The van der Waals surface area contributed by atoms with Crippen LogP contribution in [0.5, 0.6) is 0 Å². The van der Waals surface area contributed by atoms with Crippen molar-refractivity contribution >= 4 is 5.91 Å². The van der Waals surface area contributed by atoms with Crippen molar-refractivity contribution in [1.82, 2.24) is 10.3 Å². The van der Waals surface area contributed by atoms with Crippen LogP contribution < -0.4 is 11.1 Å². The molecule has 2 atom stereocenters. The average molecular weight is 227 g/mol. The molecular weight excluding hydrogens is 213 g/mol. The zero-order valence-electron chi connectivity index (χ0n) is 8.85. The zero-order valence-corrected chi connectivity index (χ0v) is 8.85. The number of aliphatic hydroxyl groups excluding tert-OH is 1. The first-order valence-electron chi connectivity index (χ1n) is 4.83. The van der Waals surface area contributed by atoms with Gasteiger partial charge in [-0.05, 0) is 13.0 Å². The Morgan fingerprint density at radius 1 is 1.69 bits per heavy atom. The molecule has 5 nitrogen and oxygen atoms in total. The Hall–Kier alpha value is -1.53. The van der Waals surface area contributed by atoms with Gasteiger partial charge in [0.1, 0.15) is 5.82 Å². The molecule has 6 heteroatoms. The third kappa shape index (κ3) is 3.56. The second kappa shape index (κ2) is 5.53. The summed E-state index contributed by atoms with van der Waals surface area (Å²) in [5.41, 5.74) is 5.64. The van der Waals surface area contributed by atoms with Gasteiger partial charge >= 0.3 is 0 Å². The van der Waals surface area contributed by atoms with Gasteiger partial charge in [0, 0.05) is 18.8 Å². The van der Waals surface area contributed by atoms with Crippen molar-refractivity contribution in [3.8, 4) is 0 Å². The van der Waals surface area contributed by atoms with E-state index in [-0.39, 0.29) is 12.1 Å². The van der Waals surface area contributed by atoms with E-state index in [1.54, 1.807) is 0 Å². The number of amides is 1. The lowest BCUT2D eigenvalue weighted by atomic mass is 10.2. The molecule has 0 aliphatic carbocycles. The Balaban J connectivity index is 2.53. The molecule has 88 valence electrons. The van der Waals surface area contributed by atoms with Crippen LogP contribution in [0.15, 0.2) is 18.5 Å². The first-order valence-corrected chi connectivity index (χ1v) is 4.83. The summed E-state index contributed by atoms with van der Waals surface area (Å²) in [6.45, 7) is 1.65. The maximum Gasteiger partial charge on any atom is 0.253 e. The highest BCUT2D eigenvalue weighted by atomic mass is 19.1. The molecule has 1 amide bonds. The maximum absolute atomic E-state index is 12.7. The second-order valence-corrected chi connectivity index (χ2v) is 3.51. The van der Waals surface area contributed by atoms with E-state index < -0.39 is 23.9 Å². The molecule has 0 saturated heterocycles. The van der Waals surface area contributed by atoms with Crippen molar-refractivity contribution < 1.29 is 14.3 Å². The minimum Gasteiger partial charge on any atom is -0.392 e. The summed E-state index contributed by atoms with van der Waals surface area (Å²) in [4.78, 5) is 15.0. The highest BCUT2D eigenvalue weighted by Crippen LogP contribution is 2.00. The lowest BCUT2D eigenvalue weighted by molar-refractivity contribution is 0.0936. The van der Waals surface area contributed by atoms with Crippen molar-refractivity contribution in [2.75, 3.05) is 6.54 Å². The molecule has 4 N–H and O–H groups in total. The number of aromatic nitrogens is 1. The molecule has 1 heterocycles. The quantitative estimate of drug-likeness (QED) is 0.656. The molecule has 0 aliphatic rings. The molecule has 0 aliphatic heterocycles. The van der Waals surface area contributed by atoms with E-state index in [2.05, 4.69) is 10.3 Å². The first-order chi connectivity index (χ1) is 7.50. The smallest absolute Gasteiger partial charge is 0.253 e. The number of hydrogen-bond donors (Lipinski definition) is 3. The van der Waals surface area contributed by atoms with Gasteiger partial charge in [-0.1, -0.05) is 0 Å². The number of nitrogens with one attached hydrogen (secondary N) is 1. The molecule has 0 saturated carbocycles. The van der Waals surface area contributed by atoms with Gasteiger partial charge in [-0.3, -0.25) is 9.78 Å². The number of pyridine rings is 1. The van der Waals surface area contributed by atoms with Crippen LogP contribution in [0.4, 0.5) is 4.39 Å². The molecule has 1 rings (SSSR count). The number of hydrogen-bond acceptors (Lipinski definition) is 4. The fourth-order valence-electron chi connectivity index (χ4n) is 1.02. The summed E-state index contributed by atoms with van der Waals surface area (Å²) in [5.74, 6) is -1.05. The maximum atomic E-state index is 12.7. The van der Waals surface area contributed by atoms with Crippen LogP contribution in [0.1, 0.15) is 17.3 Å². The Morgan fingerprint density at radius 3 is 2.94 bits per heavy atom. The van der Waals surface area contributed by atoms with Crippen molar-refractivity contribution in [2.24, 2.45) is 5.73 Å². The highest BCUT2D eigenvalue weighted by Gasteiger charge is 2.12. The molecule has 16 heavy (non-hydrogen) atoms. The minimum absolute atomic E-state index is 0.118. The second-order valence-electron chi connectivity index (χ2n) is 3.51. The van der Waals surface area contributed by atoms with Crippen LogP contribution in [-0.2, 0) is 0 Å². The number of carbonyl (C=O) groups is 1. The van der Waals surface area contributed by atoms with Crippen molar-refractivity contribution in [3.63, 3.8) is 0 Å². The van der Waals surface area contributed by atoms with Crippen LogP contribution in [0, 0.1) is 5.82 Å². The van der Waals surface area contributed by atoms with E-state index in [4.69, 9.17) is 10.8 Å². The Labute approximate surface area is 92.5 Å². The molecule has 0 fully saturated rings. The van der Waals surface area contributed by atoms with E-state index >= 15 is 0 Å². The number of nitrogens with two attached hydrogens (primary N) is 1. The van der Waals surface area contributed by atoms with Crippen LogP contribution in [0.2, 0.25) is 0 Å². The van der Waals surface area contributed by atoms with Gasteiger partial charge in [-0.15, -0.1) is 0 Å². The summed E-state index contributed by atoms with van der Waals surface area (Å²) in [6.07, 6.45) is 1.55. The number of carbonyl (C=O) groups excluding carboxylic acids is 1. The molecule has 2 unspecified atom stereocenters. The van der Waals surface area contributed by atoms with E-state index in [1.807, 2.05) is 0 Å². The predicted molar refractivity (Wildman–Crippen MR) is 56.2 cm³/mol. The lowest BCUT2D eigenvalue weighted by Crippen LogP contribution is -2.43. The van der Waals surface area contributed by atoms with Gasteiger partial charge in [-0.25, -0.2) is 4.39 Å². The first kappa shape index (κ1) is 12.5. The molecule has 0 aromatic carbocycles. The standard InChI is InChI=1S/C10H14FN3O2/c1-6(15)9(12)5-14-10(16)7-2-8(11)4-13-3-7/h2-4,6,9,15H,5,12H2,1H3,(H,14,16). The fraction of sp³-hybridized carbons (Fsp3) is 0.400. The molecule has 0 radical (unpaired) electrons. The topological polar surface area (TPSA) is 88.2 Å². The van der Waals surface area contributed by atoms with Crippen LogP contribution in [-0.4, -0.2) is 34.7 Å². The van der Waals surface area contributed by atoms with E-state index in [1.165, 1.54) is 13.1 Å². The average Bonchev–Trinajstić information content (AvgIpc) is 2.25. The highest BCUT2D eigenvalue weighted by molar-refractivity contribution is 5.93. The van der Waals surface area contributed by atoms with Crippen LogP contribution in [0.25, 0.3) is 0 Å². The minimum atomic E-state index is -0.717. The summed E-state index contributed by atoms with van der Waals surface area (Å²) < 4.78 is 12.7. The van der Waals surface area contributed by atoms with Crippen LogP contribution >= 0.6 is 0 Å². The number of aliphatic hydroxyl groups is 1. The largest absolute Gasteiger partial charge is 0.392 e.